The molecule has 1 rings (SSSR count). The molecule has 1 heterocycles. The molecule has 0 aliphatic heterocycles. The summed E-state index contributed by atoms with van der Waals surface area (Å²) in [5.41, 5.74) is 0.769. The molecule has 0 amide bonds. The normalized spacial score (nSPS) is 12.9. The average molecular weight is 240 g/mol. The highest BCUT2D eigenvalue weighted by Gasteiger charge is 2.12. The van der Waals surface area contributed by atoms with E-state index in [0.29, 0.717) is 6.04 Å². The highest BCUT2D eigenvalue weighted by molar-refractivity contribution is 5.71. The predicted octanol–water partition coefficient (Wildman–Crippen LogP) is 2.23. The largest absolute Gasteiger partial charge is 0.479 e. The minimum absolute atomic E-state index is 0.237. The van der Waals surface area contributed by atoms with E-state index in [1.807, 2.05) is 16.9 Å². The van der Waals surface area contributed by atoms with Gasteiger partial charge in [0.2, 0.25) is 0 Å². The molecule has 0 bridgehead atoms. The lowest BCUT2D eigenvalue weighted by atomic mass is 10.2. The number of rotatable bonds is 7. The van der Waals surface area contributed by atoms with Crippen molar-refractivity contribution in [3.63, 3.8) is 0 Å². The van der Waals surface area contributed by atoms with Gasteiger partial charge in [-0.3, -0.25) is 4.68 Å². The summed E-state index contributed by atoms with van der Waals surface area (Å²) in [5, 5.41) is 13.1. The smallest absolute Gasteiger partial charge is 0.332 e. The third kappa shape index (κ3) is 3.85. The maximum atomic E-state index is 10.6. The Morgan fingerprint density at radius 2 is 2.18 bits per heavy atom. The van der Waals surface area contributed by atoms with E-state index in [1.54, 1.807) is 0 Å². The van der Waals surface area contributed by atoms with Gasteiger partial charge in [0.15, 0.2) is 6.10 Å². The molecule has 0 fully saturated rings. The molecule has 0 spiro atoms. The monoisotopic (exact) mass is 240 g/mol. The molecule has 1 aromatic heterocycles. The number of hydrogen-bond donors (Lipinski definition) is 1. The summed E-state index contributed by atoms with van der Waals surface area (Å²) in [6.45, 7) is 6.00. The number of aromatic nitrogens is 2. The van der Waals surface area contributed by atoms with Crippen LogP contribution in [0.4, 0.5) is 0 Å². The molecular weight excluding hydrogens is 220 g/mol. The zero-order chi connectivity index (χ0) is 12.8. The number of aliphatic carboxylic acids is 1. The summed E-state index contributed by atoms with van der Waals surface area (Å²) in [7, 11) is 0. The Balaban J connectivity index is 2.54. The Bertz CT molecular complexity index is 358. The van der Waals surface area contributed by atoms with Crippen LogP contribution in [-0.4, -0.2) is 27.0 Å². The molecule has 1 aromatic rings. The molecule has 5 heteroatoms. The van der Waals surface area contributed by atoms with Crippen molar-refractivity contribution < 1.29 is 14.6 Å². The number of carboxylic acids is 1. The Morgan fingerprint density at radius 1 is 1.53 bits per heavy atom. The van der Waals surface area contributed by atoms with E-state index in [4.69, 9.17) is 9.84 Å². The van der Waals surface area contributed by atoms with E-state index >= 15 is 0 Å². The first-order valence-electron chi connectivity index (χ1n) is 5.96. The average Bonchev–Trinajstić information content (AvgIpc) is 2.76. The topological polar surface area (TPSA) is 64.3 Å². The number of nitrogens with zero attached hydrogens (tertiary/aromatic N) is 2. The van der Waals surface area contributed by atoms with E-state index in [1.165, 1.54) is 6.92 Å². The molecule has 96 valence electrons. The first-order valence-corrected chi connectivity index (χ1v) is 5.96. The maximum absolute atomic E-state index is 10.6. The number of hydrogen-bond acceptors (Lipinski definition) is 3. The van der Waals surface area contributed by atoms with Crippen molar-refractivity contribution in [2.75, 3.05) is 0 Å². The minimum Gasteiger partial charge on any atom is -0.479 e. The molecule has 1 unspecified atom stereocenters. The molecule has 1 atom stereocenters. The molecule has 0 saturated carbocycles. The highest BCUT2D eigenvalue weighted by Crippen LogP contribution is 2.14. The standard InChI is InChI=1S/C12H20N2O3/c1-4-11(5-2)14-7-6-10(13-14)8-17-9(3)12(15)16/h6-7,9,11H,4-5,8H2,1-3H3,(H,15,16). The van der Waals surface area contributed by atoms with Gasteiger partial charge in [0.05, 0.1) is 18.3 Å². The molecule has 0 saturated heterocycles. The second-order valence-electron chi connectivity index (χ2n) is 4.05. The van der Waals surface area contributed by atoms with E-state index in [9.17, 15) is 4.79 Å². The van der Waals surface area contributed by atoms with E-state index in [2.05, 4.69) is 18.9 Å². The van der Waals surface area contributed by atoms with Crippen LogP contribution < -0.4 is 0 Å². The van der Waals surface area contributed by atoms with Crippen LogP contribution in [0.3, 0.4) is 0 Å². The molecular formula is C12H20N2O3. The Kier molecular flexibility index (Phi) is 5.15. The van der Waals surface area contributed by atoms with Gasteiger partial charge >= 0.3 is 5.97 Å². The van der Waals surface area contributed by atoms with Crippen molar-refractivity contribution in [3.05, 3.63) is 18.0 Å². The van der Waals surface area contributed by atoms with Crippen LogP contribution in [-0.2, 0) is 16.1 Å². The SMILES string of the molecule is CCC(CC)n1ccc(COC(C)C(=O)O)n1. The third-order valence-electron chi connectivity index (χ3n) is 2.81. The quantitative estimate of drug-likeness (QED) is 0.793. The van der Waals surface area contributed by atoms with Crippen LogP contribution >= 0.6 is 0 Å². The predicted molar refractivity (Wildman–Crippen MR) is 63.7 cm³/mol. The minimum atomic E-state index is -0.954. The van der Waals surface area contributed by atoms with Gasteiger partial charge in [0.1, 0.15) is 0 Å². The first kappa shape index (κ1) is 13.7. The zero-order valence-corrected chi connectivity index (χ0v) is 10.6. The second kappa shape index (κ2) is 6.39. The number of ether oxygens (including phenoxy) is 1. The van der Waals surface area contributed by atoms with Crippen LogP contribution in [0, 0.1) is 0 Å². The molecule has 0 radical (unpaired) electrons. The highest BCUT2D eigenvalue weighted by atomic mass is 16.5. The van der Waals surface area contributed by atoms with Crippen molar-refractivity contribution in [2.24, 2.45) is 0 Å². The summed E-state index contributed by atoms with van der Waals surface area (Å²) in [5.74, 6) is -0.954. The summed E-state index contributed by atoms with van der Waals surface area (Å²) in [6.07, 6.45) is 3.18. The van der Waals surface area contributed by atoms with Gasteiger partial charge < -0.3 is 9.84 Å². The van der Waals surface area contributed by atoms with E-state index in [0.717, 1.165) is 18.5 Å². The van der Waals surface area contributed by atoms with Crippen molar-refractivity contribution in [2.45, 2.75) is 52.4 Å². The Morgan fingerprint density at radius 3 is 2.71 bits per heavy atom. The lowest BCUT2D eigenvalue weighted by molar-refractivity contribution is -0.149. The van der Waals surface area contributed by atoms with Crippen LogP contribution in [0.25, 0.3) is 0 Å². The van der Waals surface area contributed by atoms with E-state index in [-0.39, 0.29) is 6.61 Å². The fraction of sp³-hybridized carbons (Fsp3) is 0.667. The van der Waals surface area contributed by atoms with Crippen LogP contribution in [0.1, 0.15) is 45.3 Å². The van der Waals surface area contributed by atoms with Gasteiger partial charge in [-0.2, -0.15) is 5.10 Å². The second-order valence-corrected chi connectivity index (χ2v) is 4.05. The third-order valence-corrected chi connectivity index (χ3v) is 2.81. The van der Waals surface area contributed by atoms with Gasteiger partial charge in [-0.1, -0.05) is 13.8 Å². The van der Waals surface area contributed by atoms with E-state index < -0.39 is 12.1 Å². The van der Waals surface area contributed by atoms with Crippen molar-refractivity contribution in [1.82, 2.24) is 9.78 Å². The molecule has 0 aliphatic rings. The summed E-state index contributed by atoms with van der Waals surface area (Å²) >= 11 is 0. The van der Waals surface area contributed by atoms with Gasteiger partial charge in [0, 0.05) is 6.20 Å². The first-order chi connectivity index (χ1) is 8.08. The molecule has 5 nitrogen and oxygen atoms in total. The van der Waals surface area contributed by atoms with Crippen LogP contribution in [0.2, 0.25) is 0 Å². The molecule has 17 heavy (non-hydrogen) atoms. The molecule has 0 aliphatic carbocycles. The number of carboxylic acid groups (broad SMARTS) is 1. The fourth-order valence-corrected chi connectivity index (χ4v) is 1.60. The summed E-state index contributed by atoms with van der Waals surface area (Å²) in [4.78, 5) is 10.6. The van der Waals surface area contributed by atoms with Gasteiger partial charge in [-0.15, -0.1) is 0 Å². The lowest BCUT2D eigenvalue weighted by Crippen LogP contribution is -2.19. The summed E-state index contributed by atoms with van der Waals surface area (Å²) < 4.78 is 7.10. The number of carbonyl (C=O) groups is 1. The van der Waals surface area contributed by atoms with Gasteiger partial charge in [-0.25, -0.2) is 4.79 Å². The molecule has 0 aromatic carbocycles. The molecule has 1 N–H and O–H groups in total. The summed E-state index contributed by atoms with van der Waals surface area (Å²) in [6, 6.07) is 2.27. The maximum Gasteiger partial charge on any atom is 0.332 e. The van der Waals surface area contributed by atoms with Gasteiger partial charge in [0.25, 0.3) is 0 Å². The Labute approximate surface area is 101 Å². The van der Waals surface area contributed by atoms with Crippen molar-refractivity contribution in [3.8, 4) is 0 Å². The zero-order valence-electron chi connectivity index (χ0n) is 10.6. The van der Waals surface area contributed by atoms with Crippen LogP contribution in [0.15, 0.2) is 12.3 Å². The fourth-order valence-electron chi connectivity index (χ4n) is 1.60. The lowest BCUT2D eigenvalue weighted by Gasteiger charge is -2.12. The van der Waals surface area contributed by atoms with Crippen molar-refractivity contribution >= 4 is 5.97 Å². The Hall–Kier alpha value is -1.36. The van der Waals surface area contributed by atoms with Crippen LogP contribution in [0.5, 0.6) is 0 Å². The van der Waals surface area contributed by atoms with Crippen molar-refractivity contribution in [1.29, 1.82) is 0 Å². The van der Waals surface area contributed by atoms with Gasteiger partial charge in [-0.05, 0) is 25.8 Å².